The van der Waals surface area contributed by atoms with Crippen LogP contribution in [0, 0.1) is 11.3 Å². The van der Waals surface area contributed by atoms with Gasteiger partial charge in [-0.25, -0.2) is 0 Å². The summed E-state index contributed by atoms with van der Waals surface area (Å²) in [5, 5.41) is 0. The predicted molar refractivity (Wildman–Crippen MR) is 66.9 cm³/mol. The number of rotatable bonds is 3. The Morgan fingerprint density at radius 1 is 1.45 bits per heavy atom. The van der Waals surface area contributed by atoms with Crippen LogP contribution in [0.25, 0.3) is 0 Å². The van der Waals surface area contributed by atoms with Crippen molar-refractivity contribution in [2.45, 2.75) is 45.0 Å². The maximum Gasteiger partial charge on any atom is 0.406 e. The summed E-state index contributed by atoms with van der Waals surface area (Å²) in [6.45, 7) is 4.36. The molecule has 1 aliphatic heterocycles. The van der Waals surface area contributed by atoms with E-state index < -0.39 is 29.6 Å². The number of carbonyl (C=O) groups excluding carboxylic acids is 1. The highest BCUT2D eigenvalue weighted by Crippen LogP contribution is 2.58. The first kappa shape index (κ1) is 15.6. The highest BCUT2D eigenvalue weighted by atomic mass is 19.4. The summed E-state index contributed by atoms with van der Waals surface area (Å²) < 4.78 is 43.2. The molecular formula is C13H21F3N2O2. The largest absolute Gasteiger partial charge is 0.406 e. The molecule has 2 fully saturated rings. The van der Waals surface area contributed by atoms with Crippen molar-refractivity contribution in [3.05, 3.63) is 0 Å². The molecule has 1 amide bonds. The molecule has 2 rings (SSSR count). The molecule has 2 N–H and O–H groups in total. The summed E-state index contributed by atoms with van der Waals surface area (Å²) in [6.07, 6.45) is -3.93. The van der Waals surface area contributed by atoms with Crippen molar-refractivity contribution in [1.82, 2.24) is 4.90 Å². The maximum absolute atomic E-state index is 12.6. The van der Waals surface area contributed by atoms with Crippen LogP contribution in [-0.4, -0.2) is 48.3 Å². The summed E-state index contributed by atoms with van der Waals surface area (Å²) in [6, 6.07) is 0. The van der Waals surface area contributed by atoms with E-state index in [4.69, 9.17) is 10.5 Å². The van der Waals surface area contributed by atoms with Gasteiger partial charge in [-0.3, -0.25) is 4.79 Å². The van der Waals surface area contributed by atoms with E-state index in [-0.39, 0.29) is 18.6 Å². The zero-order valence-electron chi connectivity index (χ0n) is 12.0. The number of fused-ring (bicyclic) bond motifs is 1. The lowest BCUT2D eigenvalue weighted by molar-refractivity contribution is -0.194. The summed E-state index contributed by atoms with van der Waals surface area (Å²) in [5.41, 5.74) is 4.35. The van der Waals surface area contributed by atoms with Crippen molar-refractivity contribution in [3.63, 3.8) is 0 Å². The standard InChI is InChI=1S/C13H21F3N2O2/c1-4-18(7-12(14,15)16)10(19)13(17)8-5-6-20-9(8)11(13,2)3/h8-9H,4-7,17H2,1-3H3. The molecular weight excluding hydrogens is 273 g/mol. The Morgan fingerprint density at radius 2 is 2.05 bits per heavy atom. The average Bonchev–Trinajstić information content (AvgIpc) is 2.80. The number of amides is 1. The molecule has 1 saturated carbocycles. The van der Waals surface area contributed by atoms with Gasteiger partial charge >= 0.3 is 6.18 Å². The van der Waals surface area contributed by atoms with Crippen LogP contribution in [0.3, 0.4) is 0 Å². The molecule has 0 aromatic heterocycles. The zero-order chi connectivity index (χ0) is 15.3. The molecule has 4 nitrogen and oxygen atoms in total. The molecule has 7 heteroatoms. The van der Waals surface area contributed by atoms with Gasteiger partial charge in [0.1, 0.15) is 12.1 Å². The van der Waals surface area contributed by atoms with E-state index in [1.807, 2.05) is 0 Å². The van der Waals surface area contributed by atoms with Crippen LogP contribution in [0.5, 0.6) is 0 Å². The van der Waals surface area contributed by atoms with Gasteiger partial charge in [0.25, 0.3) is 0 Å². The number of ether oxygens (including phenoxy) is 1. The quantitative estimate of drug-likeness (QED) is 0.859. The minimum Gasteiger partial charge on any atom is -0.377 e. The second-order valence-electron chi connectivity index (χ2n) is 6.21. The Kier molecular flexibility index (Phi) is 3.57. The normalized spacial score (nSPS) is 35.4. The van der Waals surface area contributed by atoms with E-state index in [2.05, 4.69) is 0 Å². The highest BCUT2D eigenvalue weighted by Gasteiger charge is 2.72. The van der Waals surface area contributed by atoms with E-state index in [0.717, 1.165) is 4.90 Å². The molecule has 0 bridgehead atoms. The first-order valence-corrected chi connectivity index (χ1v) is 6.82. The van der Waals surface area contributed by atoms with Crippen LogP contribution in [0.2, 0.25) is 0 Å². The molecule has 0 radical (unpaired) electrons. The zero-order valence-corrected chi connectivity index (χ0v) is 12.0. The van der Waals surface area contributed by atoms with Gasteiger partial charge in [0.15, 0.2) is 0 Å². The maximum atomic E-state index is 12.6. The molecule has 0 aromatic carbocycles. The first-order valence-electron chi connectivity index (χ1n) is 6.82. The minimum atomic E-state index is -4.42. The van der Waals surface area contributed by atoms with Gasteiger partial charge in [-0.05, 0) is 13.3 Å². The number of likely N-dealkylation sites (N-methyl/N-ethyl adjacent to an activating group) is 1. The fourth-order valence-electron chi connectivity index (χ4n) is 3.62. The van der Waals surface area contributed by atoms with Crippen LogP contribution in [0.1, 0.15) is 27.2 Å². The Morgan fingerprint density at radius 3 is 2.55 bits per heavy atom. The summed E-state index contributed by atoms with van der Waals surface area (Å²) in [5.74, 6) is -0.804. The lowest BCUT2D eigenvalue weighted by Gasteiger charge is -2.61. The van der Waals surface area contributed by atoms with Crippen LogP contribution in [0.4, 0.5) is 13.2 Å². The minimum absolute atomic E-state index is 0.00832. The number of carbonyl (C=O) groups is 1. The highest BCUT2D eigenvalue weighted by molar-refractivity contribution is 5.89. The Balaban J connectivity index is 2.22. The molecule has 116 valence electrons. The molecule has 3 atom stereocenters. The molecule has 0 spiro atoms. The molecule has 1 saturated heterocycles. The van der Waals surface area contributed by atoms with Gasteiger partial charge in [0.05, 0.1) is 6.10 Å². The molecule has 1 aliphatic carbocycles. The summed E-state index contributed by atoms with van der Waals surface area (Å²) in [4.78, 5) is 13.4. The van der Waals surface area contributed by atoms with Gasteiger partial charge in [-0.2, -0.15) is 13.2 Å². The fraction of sp³-hybridized carbons (Fsp3) is 0.923. The van der Waals surface area contributed by atoms with E-state index in [1.165, 1.54) is 6.92 Å². The van der Waals surface area contributed by atoms with Crippen molar-refractivity contribution in [2.75, 3.05) is 19.7 Å². The molecule has 2 aliphatic rings. The Bertz CT molecular complexity index is 411. The number of nitrogens with two attached hydrogens (primary N) is 1. The van der Waals surface area contributed by atoms with Crippen molar-refractivity contribution < 1.29 is 22.7 Å². The smallest absolute Gasteiger partial charge is 0.377 e. The number of alkyl halides is 3. The predicted octanol–water partition coefficient (Wildman–Crippen LogP) is 1.54. The van der Waals surface area contributed by atoms with E-state index in [1.54, 1.807) is 13.8 Å². The monoisotopic (exact) mass is 294 g/mol. The fourth-order valence-corrected chi connectivity index (χ4v) is 3.62. The van der Waals surface area contributed by atoms with Crippen LogP contribution in [-0.2, 0) is 9.53 Å². The third kappa shape index (κ3) is 2.02. The van der Waals surface area contributed by atoms with Gasteiger partial charge < -0.3 is 15.4 Å². The summed E-state index contributed by atoms with van der Waals surface area (Å²) in [7, 11) is 0. The number of hydrogen-bond donors (Lipinski definition) is 1. The number of halogens is 3. The van der Waals surface area contributed by atoms with Crippen molar-refractivity contribution in [1.29, 1.82) is 0 Å². The third-order valence-electron chi connectivity index (χ3n) is 4.85. The van der Waals surface area contributed by atoms with E-state index in [9.17, 15) is 18.0 Å². The van der Waals surface area contributed by atoms with Gasteiger partial charge in [0, 0.05) is 24.5 Å². The molecule has 20 heavy (non-hydrogen) atoms. The average molecular weight is 294 g/mol. The number of hydrogen-bond acceptors (Lipinski definition) is 3. The lowest BCUT2D eigenvalue weighted by Crippen LogP contribution is -2.80. The second-order valence-corrected chi connectivity index (χ2v) is 6.21. The van der Waals surface area contributed by atoms with Gasteiger partial charge in [0.2, 0.25) is 5.91 Å². The van der Waals surface area contributed by atoms with Gasteiger partial charge in [-0.15, -0.1) is 0 Å². The van der Waals surface area contributed by atoms with E-state index in [0.29, 0.717) is 13.0 Å². The van der Waals surface area contributed by atoms with Crippen LogP contribution in [0.15, 0.2) is 0 Å². The summed E-state index contributed by atoms with van der Waals surface area (Å²) >= 11 is 0. The first-order chi connectivity index (χ1) is 9.05. The molecule has 1 heterocycles. The second kappa shape index (κ2) is 4.59. The van der Waals surface area contributed by atoms with E-state index >= 15 is 0 Å². The topological polar surface area (TPSA) is 55.6 Å². The molecule has 3 unspecified atom stereocenters. The Labute approximate surface area is 116 Å². The molecule has 0 aromatic rings. The van der Waals surface area contributed by atoms with Crippen molar-refractivity contribution >= 4 is 5.91 Å². The van der Waals surface area contributed by atoms with Crippen LogP contribution < -0.4 is 5.73 Å². The van der Waals surface area contributed by atoms with Crippen LogP contribution >= 0.6 is 0 Å². The number of nitrogens with zero attached hydrogens (tertiary/aromatic N) is 1. The Hall–Kier alpha value is -0.820. The lowest BCUT2D eigenvalue weighted by atomic mass is 9.47. The third-order valence-corrected chi connectivity index (χ3v) is 4.85. The van der Waals surface area contributed by atoms with Crippen molar-refractivity contribution in [3.8, 4) is 0 Å². The van der Waals surface area contributed by atoms with Crippen molar-refractivity contribution in [2.24, 2.45) is 17.1 Å². The van der Waals surface area contributed by atoms with Gasteiger partial charge in [-0.1, -0.05) is 13.8 Å². The SMILES string of the molecule is CCN(CC(F)(F)F)C(=O)C1(N)C2CCOC2C1(C)C.